The van der Waals surface area contributed by atoms with Gasteiger partial charge in [-0.15, -0.1) is 0 Å². The molecule has 0 atom stereocenters. The maximum atomic E-state index is 10.7. The molecule has 0 saturated heterocycles. The van der Waals surface area contributed by atoms with Crippen molar-refractivity contribution in [3.63, 3.8) is 0 Å². The molecule has 0 spiro atoms. The van der Waals surface area contributed by atoms with E-state index in [4.69, 9.17) is 5.11 Å². The third-order valence-electron chi connectivity index (χ3n) is 3.39. The maximum absolute atomic E-state index is 10.7. The van der Waals surface area contributed by atoms with Crippen LogP contribution in [0.5, 0.6) is 0 Å². The molecule has 0 aliphatic heterocycles. The largest absolute Gasteiger partial charge is 0.481 e. The zero-order valence-electron chi connectivity index (χ0n) is 12.0. The van der Waals surface area contributed by atoms with Crippen molar-refractivity contribution in [1.82, 2.24) is 19.3 Å². The Morgan fingerprint density at radius 3 is 2.82 bits per heavy atom. The number of rotatable bonds is 6. The van der Waals surface area contributed by atoms with Gasteiger partial charge in [0.25, 0.3) is 0 Å². The molecule has 0 aliphatic rings. The number of nitrogens with zero attached hydrogens (tertiary/aromatic N) is 4. The highest BCUT2D eigenvalue weighted by Gasteiger charge is 2.08. The Morgan fingerprint density at radius 1 is 1.23 bits per heavy atom. The second-order valence-corrected chi connectivity index (χ2v) is 4.99. The Bertz CT molecular complexity index is 761. The van der Waals surface area contributed by atoms with Crippen LogP contribution in [0, 0.1) is 0 Å². The molecule has 1 aromatic carbocycles. The third kappa shape index (κ3) is 3.22. The van der Waals surface area contributed by atoms with Gasteiger partial charge in [0.2, 0.25) is 0 Å². The third-order valence-corrected chi connectivity index (χ3v) is 3.39. The van der Waals surface area contributed by atoms with Crippen LogP contribution in [0.3, 0.4) is 0 Å². The summed E-state index contributed by atoms with van der Waals surface area (Å²) in [5.41, 5.74) is 2.04. The van der Waals surface area contributed by atoms with Crippen LogP contribution in [0.1, 0.15) is 17.8 Å². The van der Waals surface area contributed by atoms with Gasteiger partial charge >= 0.3 is 5.97 Å². The first-order valence-electron chi connectivity index (χ1n) is 7.03. The Hall–Kier alpha value is -2.89. The second kappa shape index (κ2) is 6.26. The van der Waals surface area contributed by atoms with Crippen molar-refractivity contribution in [2.45, 2.75) is 19.4 Å². The summed E-state index contributed by atoms with van der Waals surface area (Å²) in [4.78, 5) is 15.0. The van der Waals surface area contributed by atoms with Gasteiger partial charge in [0.1, 0.15) is 5.82 Å². The average molecular weight is 296 g/mol. The van der Waals surface area contributed by atoms with Crippen LogP contribution in [-0.2, 0) is 17.8 Å². The first-order chi connectivity index (χ1) is 10.7. The lowest BCUT2D eigenvalue weighted by Crippen LogP contribution is -2.07. The quantitative estimate of drug-likeness (QED) is 0.756. The maximum Gasteiger partial charge on any atom is 0.305 e. The average Bonchev–Trinajstić information content (AvgIpc) is 3.16. The van der Waals surface area contributed by atoms with E-state index in [9.17, 15) is 4.79 Å². The van der Waals surface area contributed by atoms with Gasteiger partial charge in [-0.2, -0.15) is 5.10 Å². The number of para-hydroxylation sites is 1. The van der Waals surface area contributed by atoms with E-state index in [1.54, 1.807) is 12.4 Å². The Kier molecular flexibility index (Phi) is 4.00. The molecule has 0 amide bonds. The van der Waals surface area contributed by atoms with Gasteiger partial charge in [0, 0.05) is 31.6 Å². The normalized spacial score (nSPS) is 10.7. The highest BCUT2D eigenvalue weighted by Crippen LogP contribution is 2.11. The molecule has 3 aromatic rings. The molecule has 0 fully saturated rings. The predicted octanol–water partition coefficient (Wildman–Crippen LogP) is 2.13. The lowest BCUT2D eigenvalue weighted by atomic mass is 10.2. The van der Waals surface area contributed by atoms with Gasteiger partial charge in [-0.05, 0) is 17.7 Å². The molecule has 0 unspecified atom stereocenters. The highest BCUT2D eigenvalue weighted by atomic mass is 16.4. The molecule has 2 aromatic heterocycles. The van der Waals surface area contributed by atoms with Gasteiger partial charge in [0.15, 0.2) is 0 Å². The van der Waals surface area contributed by atoms with Gasteiger partial charge in [-0.25, -0.2) is 9.67 Å². The minimum atomic E-state index is -0.809. The Balaban J connectivity index is 1.73. The van der Waals surface area contributed by atoms with Crippen LogP contribution in [0.15, 0.2) is 55.1 Å². The number of carboxylic acids is 1. The molecule has 22 heavy (non-hydrogen) atoms. The number of aryl methyl sites for hydroxylation is 1. The number of carbonyl (C=O) groups is 1. The fourth-order valence-corrected chi connectivity index (χ4v) is 2.28. The molecule has 112 valence electrons. The van der Waals surface area contributed by atoms with Gasteiger partial charge in [0.05, 0.1) is 18.3 Å². The van der Waals surface area contributed by atoms with Crippen LogP contribution in [-0.4, -0.2) is 30.4 Å². The van der Waals surface area contributed by atoms with Crippen molar-refractivity contribution in [1.29, 1.82) is 0 Å². The fourth-order valence-electron chi connectivity index (χ4n) is 2.28. The topological polar surface area (TPSA) is 72.9 Å². The van der Waals surface area contributed by atoms with E-state index < -0.39 is 5.97 Å². The number of imidazole rings is 1. The van der Waals surface area contributed by atoms with Crippen LogP contribution < -0.4 is 0 Å². The molecule has 0 bridgehead atoms. The Labute approximate surface area is 127 Å². The molecule has 0 aliphatic carbocycles. The lowest BCUT2D eigenvalue weighted by molar-refractivity contribution is -0.137. The monoisotopic (exact) mass is 296 g/mol. The number of aromatic nitrogens is 4. The van der Waals surface area contributed by atoms with E-state index in [-0.39, 0.29) is 6.42 Å². The first kappa shape index (κ1) is 14.1. The molecule has 2 heterocycles. The predicted molar refractivity (Wildman–Crippen MR) is 80.8 cm³/mol. The summed E-state index contributed by atoms with van der Waals surface area (Å²) in [7, 11) is 0. The SMILES string of the molecule is O=C(O)CCn1ccnc1Cc1cnn(-c2ccccc2)c1. The molecular weight excluding hydrogens is 280 g/mol. The van der Waals surface area contributed by atoms with Crippen molar-refractivity contribution in [2.75, 3.05) is 0 Å². The van der Waals surface area contributed by atoms with E-state index in [1.807, 2.05) is 52.0 Å². The number of hydrogen-bond acceptors (Lipinski definition) is 3. The van der Waals surface area contributed by atoms with Crippen molar-refractivity contribution in [3.8, 4) is 5.69 Å². The number of benzene rings is 1. The van der Waals surface area contributed by atoms with E-state index in [0.717, 1.165) is 17.1 Å². The standard InChI is InChI=1S/C16H16N4O2/c21-16(22)6-8-19-9-7-17-15(19)10-13-11-18-20(12-13)14-4-2-1-3-5-14/h1-5,7,9,11-12H,6,8,10H2,(H,21,22). The summed E-state index contributed by atoms with van der Waals surface area (Å²) in [6.45, 7) is 0.428. The lowest BCUT2D eigenvalue weighted by Gasteiger charge is -2.05. The minimum Gasteiger partial charge on any atom is -0.481 e. The van der Waals surface area contributed by atoms with Crippen molar-refractivity contribution in [3.05, 3.63) is 66.5 Å². The summed E-state index contributed by atoms with van der Waals surface area (Å²) in [6, 6.07) is 9.88. The minimum absolute atomic E-state index is 0.0899. The molecule has 1 N–H and O–H groups in total. The zero-order valence-corrected chi connectivity index (χ0v) is 12.0. The smallest absolute Gasteiger partial charge is 0.305 e. The molecular formula is C16H16N4O2. The van der Waals surface area contributed by atoms with E-state index in [1.165, 1.54) is 0 Å². The summed E-state index contributed by atoms with van der Waals surface area (Å²) in [5, 5.41) is 13.1. The van der Waals surface area contributed by atoms with Crippen LogP contribution in [0.2, 0.25) is 0 Å². The highest BCUT2D eigenvalue weighted by molar-refractivity contribution is 5.66. The van der Waals surface area contributed by atoms with Crippen LogP contribution in [0.25, 0.3) is 5.69 Å². The van der Waals surface area contributed by atoms with Crippen molar-refractivity contribution in [2.24, 2.45) is 0 Å². The molecule has 0 radical (unpaired) electrons. The number of hydrogen-bond donors (Lipinski definition) is 1. The Morgan fingerprint density at radius 2 is 2.05 bits per heavy atom. The van der Waals surface area contributed by atoms with Gasteiger partial charge in [-0.1, -0.05) is 18.2 Å². The molecule has 0 saturated carbocycles. The molecule has 6 nitrogen and oxygen atoms in total. The van der Waals surface area contributed by atoms with Gasteiger partial charge in [-0.3, -0.25) is 4.79 Å². The summed E-state index contributed by atoms with van der Waals surface area (Å²) in [6.07, 6.45) is 7.99. The van der Waals surface area contributed by atoms with Crippen molar-refractivity contribution < 1.29 is 9.90 Å². The fraction of sp³-hybridized carbons (Fsp3) is 0.188. The van der Waals surface area contributed by atoms with Crippen LogP contribution in [0.4, 0.5) is 0 Å². The van der Waals surface area contributed by atoms with Gasteiger partial charge < -0.3 is 9.67 Å². The number of aliphatic carboxylic acids is 1. The summed E-state index contributed by atoms with van der Waals surface area (Å²) in [5.74, 6) is 0.0328. The number of carboxylic acid groups (broad SMARTS) is 1. The summed E-state index contributed by atoms with van der Waals surface area (Å²) >= 11 is 0. The summed E-state index contributed by atoms with van der Waals surface area (Å²) < 4.78 is 3.69. The van der Waals surface area contributed by atoms with E-state index >= 15 is 0 Å². The first-order valence-corrected chi connectivity index (χ1v) is 7.03. The molecule has 3 rings (SSSR count). The van der Waals surface area contributed by atoms with Crippen LogP contribution >= 0.6 is 0 Å². The van der Waals surface area contributed by atoms with E-state index in [2.05, 4.69) is 10.1 Å². The molecule has 6 heteroatoms. The zero-order chi connectivity index (χ0) is 15.4. The van der Waals surface area contributed by atoms with E-state index in [0.29, 0.717) is 13.0 Å². The van der Waals surface area contributed by atoms with Crippen molar-refractivity contribution >= 4 is 5.97 Å². The second-order valence-electron chi connectivity index (χ2n) is 4.99.